The maximum absolute atomic E-state index is 11.6. The Balaban J connectivity index is 1.47. The Kier molecular flexibility index (Phi) is 7.90. The minimum absolute atomic E-state index is 0.316. The molecule has 0 radical (unpaired) electrons. The van der Waals surface area contributed by atoms with E-state index in [-0.39, 0.29) is 5.92 Å². The second-order valence-corrected chi connectivity index (χ2v) is 7.37. The van der Waals surface area contributed by atoms with Gasteiger partial charge in [0.15, 0.2) is 0 Å². The number of methoxy groups -OCH3 is 1. The highest BCUT2D eigenvalue weighted by Gasteiger charge is 2.17. The number of hydrogen-bond donors (Lipinski definition) is 1. The van der Waals surface area contributed by atoms with E-state index in [1.54, 1.807) is 7.11 Å². The Morgan fingerprint density at radius 1 is 0.767 bits per heavy atom. The van der Waals surface area contributed by atoms with E-state index >= 15 is 0 Å². The lowest BCUT2D eigenvalue weighted by Crippen LogP contribution is -2.15. The van der Waals surface area contributed by atoms with Crippen LogP contribution in [0.25, 0.3) is 0 Å². The molecule has 0 heterocycles. The van der Waals surface area contributed by atoms with Crippen molar-refractivity contribution in [3.8, 4) is 17.2 Å². The van der Waals surface area contributed by atoms with Crippen LogP contribution in [0.3, 0.4) is 0 Å². The molecule has 30 heavy (non-hydrogen) atoms. The summed E-state index contributed by atoms with van der Waals surface area (Å²) in [6, 6.07) is 25.5. The zero-order chi connectivity index (χ0) is 21.2. The van der Waals surface area contributed by atoms with E-state index in [1.165, 1.54) is 5.56 Å². The lowest BCUT2D eigenvalue weighted by atomic mass is 9.93. The molecule has 0 aliphatic rings. The van der Waals surface area contributed by atoms with Crippen molar-refractivity contribution >= 4 is 5.97 Å². The molecule has 0 fully saturated rings. The van der Waals surface area contributed by atoms with Crippen molar-refractivity contribution in [2.45, 2.75) is 32.1 Å². The molecule has 0 amide bonds. The number of carboxylic acid groups (broad SMARTS) is 1. The van der Waals surface area contributed by atoms with Crippen LogP contribution < -0.4 is 9.47 Å². The van der Waals surface area contributed by atoms with Crippen molar-refractivity contribution in [1.29, 1.82) is 0 Å². The maximum Gasteiger partial charge on any atom is 0.306 e. The molecule has 0 aromatic heterocycles. The van der Waals surface area contributed by atoms with E-state index in [0.29, 0.717) is 12.8 Å². The second kappa shape index (κ2) is 11.1. The summed E-state index contributed by atoms with van der Waals surface area (Å²) in [5.74, 6) is 1.26. The minimum atomic E-state index is -0.706. The van der Waals surface area contributed by atoms with Crippen LogP contribution in [0, 0.1) is 5.92 Å². The first-order valence-electron chi connectivity index (χ1n) is 10.3. The zero-order valence-electron chi connectivity index (χ0n) is 17.3. The van der Waals surface area contributed by atoms with Gasteiger partial charge < -0.3 is 14.6 Å². The summed E-state index contributed by atoms with van der Waals surface area (Å²) in [7, 11) is 1.63. The Morgan fingerprint density at radius 3 is 1.93 bits per heavy atom. The Hall–Kier alpha value is -3.27. The second-order valence-electron chi connectivity index (χ2n) is 7.37. The predicted octanol–water partition coefficient (Wildman–Crippen LogP) is 6.14. The molecule has 1 N–H and O–H groups in total. The first kappa shape index (κ1) is 21.4. The smallest absolute Gasteiger partial charge is 0.306 e. The predicted molar refractivity (Wildman–Crippen MR) is 118 cm³/mol. The van der Waals surface area contributed by atoms with Crippen LogP contribution in [0.15, 0.2) is 78.9 Å². The van der Waals surface area contributed by atoms with Crippen LogP contribution in [-0.4, -0.2) is 18.2 Å². The summed E-state index contributed by atoms with van der Waals surface area (Å²) >= 11 is 0. The van der Waals surface area contributed by atoms with Gasteiger partial charge in [0.05, 0.1) is 13.0 Å². The van der Waals surface area contributed by atoms with Crippen LogP contribution in [0.4, 0.5) is 0 Å². The van der Waals surface area contributed by atoms with E-state index in [0.717, 1.165) is 42.1 Å². The third-order valence-electron chi connectivity index (χ3n) is 5.21. The fourth-order valence-electron chi connectivity index (χ4n) is 3.43. The van der Waals surface area contributed by atoms with Crippen molar-refractivity contribution in [2.24, 2.45) is 5.92 Å². The highest BCUT2D eigenvalue weighted by Crippen LogP contribution is 2.25. The highest BCUT2D eigenvalue weighted by atomic mass is 16.5. The van der Waals surface area contributed by atoms with Gasteiger partial charge in [-0.3, -0.25) is 4.79 Å². The van der Waals surface area contributed by atoms with Crippen molar-refractivity contribution < 1.29 is 19.4 Å². The molecule has 0 bridgehead atoms. The van der Waals surface area contributed by atoms with Crippen molar-refractivity contribution in [3.05, 3.63) is 90.0 Å². The molecule has 3 aromatic rings. The standard InChI is InChI=1S/C26H28O4/c1-29-23-16-18-25(19-17-23)30-24-14-11-21(12-15-24)10-13-22(26(27)28)9-5-8-20-6-3-2-4-7-20/h2-4,6-7,11-12,14-19,22H,5,8-10,13H2,1H3,(H,27,28). The van der Waals surface area contributed by atoms with Crippen LogP contribution in [-0.2, 0) is 17.6 Å². The Morgan fingerprint density at radius 2 is 1.33 bits per heavy atom. The Labute approximate surface area is 178 Å². The topological polar surface area (TPSA) is 55.8 Å². The van der Waals surface area contributed by atoms with Crippen molar-refractivity contribution in [2.75, 3.05) is 7.11 Å². The van der Waals surface area contributed by atoms with Gasteiger partial charge in [0, 0.05) is 0 Å². The van der Waals surface area contributed by atoms with Crippen molar-refractivity contribution in [1.82, 2.24) is 0 Å². The first-order chi connectivity index (χ1) is 14.6. The van der Waals surface area contributed by atoms with Gasteiger partial charge in [0.25, 0.3) is 0 Å². The van der Waals surface area contributed by atoms with Gasteiger partial charge in [0.1, 0.15) is 17.2 Å². The quantitative estimate of drug-likeness (QED) is 0.417. The van der Waals surface area contributed by atoms with Gasteiger partial charge in [-0.2, -0.15) is 0 Å². The number of ether oxygens (including phenoxy) is 2. The van der Waals surface area contributed by atoms with Gasteiger partial charge in [0.2, 0.25) is 0 Å². The number of aryl methyl sites for hydroxylation is 2. The number of benzene rings is 3. The van der Waals surface area contributed by atoms with E-state index in [4.69, 9.17) is 9.47 Å². The van der Waals surface area contributed by atoms with Crippen molar-refractivity contribution in [3.63, 3.8) is 0 Å². The van der Waals surface area contributed by atoms with E-state index in [1.807, 2.05) is 66.7 Å². The number of hydrogen-bond acceptors (Lipinski definition) is 3. The molecule has 0 saturated carbocycles. The van der Waals surface area contributed by atoms with Crippen LogP contribution in [0.2, 0.25) is 0 Å². The summed E-state index contributed by atoms with van der Waals surface area (Å²) in [6.45, 7) is 0. The van der Waals surface area contributed by atoms with Crippen LogP contribution in [0.1, 0.15) is 30.4 Å². The highest BCUT2D eigenvalue weighted by molar-refractivity contribution is 5.69. The molecule has 156 valence electrons. The molecule has 4 nitrogen and oxygen atoms in total. The molecule has 0 aliphatic carbocycles. The van der Waals surface area contributed by atoms with Crippen LogP contribution >= 0.6 is 0 Å². The summed E-state index contributed by atoms with van der Waals surface area (Å²) in [5.41, 5.74) is 2.38. The number of carbonyl (C=O) groups is 1. The lowest BCUT2D eigenvalue weighted by molar-refractivity contribution is -0.142. The van der Waals surface area contributed by atoms with E-state index < -0.39 is 5.97 Å². The normalized spacial score (nSPS) is 11.6. The molecular formula is C26H28O4. The molecule has 1 atom stereocenters. The van der Waals surface area contributed by atoms with Gasteiger partial charge in [-0.15, -0.1) is 0 Å². The lowest BCUT2D eigenvalue weighted by Gasteiger charge is -2.13. The monoisotopic (exact) mass is 404 g/mol. The van der Waals surface area contributed by atoms with Crippen LogP contribution in [0.5, 0.6) is 17.2 Å². The number of aliphatic carboxylic acids is 1. The average Bonchev–Trinajstić information content (AvgIpc) is 2.78. The van der Waals surface area contributed by atoms with E-state index in [9.17, 15) is 9.90 Å². The van der Waals surface area contributed by atoms with Gasteiger partial charge in [-0.05, 0) is 79.6 Å². The first-order valence-corrected chi connectivity index (χ1v) is 10.3. The van der Waals surface area contributed by atoms with Gasteiger partial charge >= 0.3 is 5.97 Å². The molecule has 3 rings (SSSR count). The summed E-state index contributed by atoms with van der Waals surface area (Å²) in [4.78, 5) is 11.6. The molecular weight excluding hydrogens is 376 g/mol. The molecule has 0 spiro atoms. The average molecular weight is 405 g/mol. The molecule has 1 unspecified atom stereocenters. The summed E-state index contributed by atoms with van der Waals surface area (Å²) in [6.07, 6.45) is 3.88. The number of carboxylic acids is 1. The van der Waals surface area contributed by atoms with Gasteiger partial charge in [-0.1, -0.05) is 42.5 Å². The number of rotatable bonds is 11. The summed E-state index contributed by atoms with van der Waals surface area (Å²) < 4.78 is 11.0. The fourth-order valence-corrected chi connectivity index (χ4v) is 3.43. The SMILES string of the molecule is COc1ccc(Oc2ccc(CCC(CCCc3ccccc3)C(=O)O)cc2)cc1. The molecule has 0 saturated heterocycles. The van der Waals surface area contributed by atoms with E-state index in [2.05, 4.69) is 12.1 Å². The van der Waals surface area contributed by atoms with Gasteiger partial charge in [-0.25, -0.2) is 0 Å². The Bertz CT molecular complexity index is 902. The summed E-state index contributed by atoms with van der Waals surface area (Å²) in [5, 5.41) is 9.57. The molecule has 0 aliphatic heterocycles. The molecule has 4 heteroatoms. The third-order valence-corrected chi connectivity index (χ3v) is 5.21. The minimum Gasteiger partial charge on any atom is -0.497 e. The largest absolute Gasteiger partial charge is 0.497 e. The fraction of sp³-hybridized carbons (Fsp3) is 0.269. The zero-order valence-corrected chi connectivity index (χ0v) is 17.3. The third kappa shape index (κ3) is 6.66. The maximum atomic E-state index is 11.6. The molecule has 3 aromatic carbocycles.